The lowest BCUT2D eigenvalue weighted by Crippen LogP contribution is -2.47. The molecule has 1 fully saturated rings. The minimum atomic E-state index is -0.491. The average Bonchev–Trinajstić information content (AvgIpc) is 2.74. The second-order valence-corrected chi connectivity index (χ2v) is 12.0. The molecule has 0 aliphatic carbocycles. The molecule has 0 amide bonds. The van der Waals surface area contributed by atoms with Crippen molar-refractivity contribution in [3.05, 3.63) is 39.9 Å². The lowest BCUT2D eigenvalue weighted by molar-refractivity contribution is -0.384. The Bertz CT molecular complexity index is 817. The molecule has 0 unspecified atom stereocenters. The van der Waals surface area contributed by atoms with Crippen molar-refractivity contribution in [2.24, 2.45) is 5.41 Å². The van der Waals surface area contributed by atoms with Gasteiger partial charge in [0.1, 0.15) is 5.60 Å². The van der Waals surface area contributed by atoms with Gasteiger partial charge in [0.2, 0.25) is 0 Å². The number of benzene rings is 1. The summed E-state index contributed by atoms with van der Waals surface area (Å²) in [6, 6.07) is 6.85. The standard InChI is InChI=1S/C27H47N5O4/c1-26(2,3)22-31-16-13-28-12-15-30(21-25(33)36-27(4,5)6)19-17-29(18-20-31)14-11-23-7-9-24(10-8-23)32(34)35/h7-10,28H,11-22H2,1-6H3. The molecule has 1 aromatic rings. The van der Waals surface area contributed by atoms with Crippen molar-refractivity contribution in [1.29, 1.82) is 0 Å². The Morgan fingerprint density at radius 2 is 1.47 bits per heavy atom. The Balaban J connectivity index is 2.06. The van der Waals surface area contributed by atoms with Gasteiger partial charge in [0.05, 0.1) is 11.5 Å². The number of carbonyl (C=O) groups is 1. The van der Waals surface area contributed by atoms with E-state index >= 15 is 0 Å². The van der Waals surface area contributed by atoms with E-state index in [1.807, 2.05) is 32.9 Å². The molecular weight excluding hydrogens is 458 g/mol. The molecule has 0 atom stereocenters. The summed E-state index contributed by atoms with van der Waals surface area (Å²) in [4.78, 5) is 30.3. The van der Waals surface area contributed by atoms with Gasteiger partial charge in [0.25, 0.3) is 5.69 Å². The molecular formula is C27H47N5O4. The number of nitro benzene ring substituents is 1. The highest BCUT2D eigenvalue weighted by Crippen LogP contribution is 2.16. The van der Waals surface area contributed by atoms with E-state index in [1.54, 1.807) is 12.1 Å². The third-order valence-corrected chi connectivity index (χ3v) is 6.01. The maximum Gasteiger partial charge on any atom is 0.320 e. The van der Waals surface area contributed by atoms with E-state index in [1.165, 1.54) is 0 Å². The smallest absolute Gasteiger partial charge is 0.320 e. The van der Waals surface area contributed by atoms with Gasteiger partial charge in [-0.3, -0.25) is 19.8 Å². The van der Waals surface area contributed by atoms with Crippen LogP contribution in [-0.2, 0) is 16.0 Å². The largest absolute Gasteiger partial charge is 0.459 e. The monoisotopic (exact) mass is 505 g/mol. The average molecular weight is 506 g/mol. The number of nitro groups is 1. The molecule has 0 aromatic heterocycles. The predicted molar refractivity (Wildman–Crippen MR) is 144 cm³/mol. The number of ether oxygens (including phenoxy) is 1. The quantitative estimate of drug-likeness (QED) is 0.344. The highest BCUT2D eigenvalue weighted by atomic mass is 16.6. The van der Waals surface area contributed by atoms with Crippen LogP contribution in [0.4, 0.5) is 5.69 Å². The van der Waals surface area contributed by atoms with Gasteiger partial charge in [0.15, 0.2) is 0 Å². The maximum atomic E-state index is 12.5. The van der Waals surface area contributed by atoms with Crippen LogP contribution in [0.2, 0.25) is 0 Å². The maximum absolute atomic E-state index is 12.5. The van der Waals surface area contributed by atoms with Crippen molar-refractivity contribution >= 4 is 11.7 Å². The number of carbonyl (C=O) groups excluding carboxylic acids is 1. The predicted octanol–water partition coefficient (Wildman–Crippen LogP) is 3.03. The number of esters is 1. The molecule has 9 nitrogen and oxygen atoms in total. The van der Waals surface area contributed by atoms with Gasteiger partial charge in [-0.1, -0.05) is 32.9 Å². The van der Waals surface area contributed by atoms with E-state index in [0.717, 1.165) is 77.4 Å². The molecule has 204 valence electrons. The van der Waals surface area contributed by atoms with Crippen LogP contribution >= 0.6 is 0 Å². The Morgan fingerprint density at radius 3 is 2.03 bits per heavy atom. The van der Waals surface area contributed by atoms with Crippen LogP contribution < -0.4 is 5.32 Å². The van der Waals surface area contributed by atoms with Crippen molar-refractivity contribution in [3.8, 4) is 0 Å². The molecule has 1 aliphatic rings. The number of rotatable bonds is 7. The minimum Gasteiger partial charge on any atom is -0.459 e. The third kappa shape index (κ3) is 12.8. The van der Waals surface area contributed by atoms with E-state index < -0.39 is 5.60 Å². The van der Waals surface area contributed by atoms with E-state index in [-0.39, 0.29) is 28.5 Å². The molecule has 0 spiro atoms. The van der Waals surface area contributed by atoms with Gasteiger partial charge in [-0.15, -0.1) is 0 Å². The summed E-state index contributed by atoms with van der Waals surface area (Å²) in [5, 5.41) is 14.5. The summed E-state index contributed by atoms with van der Waals surface area (Å²) in [6.45, 7) is 21.7. The highest BCUT2D eigenvalue weighted by Gasteiger charge is 2.21. The summed E-state index contributed by atoms with van der Waals surface area (Å²) < 4.78 is 5.56. The first-order valence-electron chi connectivity index (χ1n) is 13.1. The summed E-state index contributed by atoms with van der Waals surface area (Å²) in [6.07, 6.45) is 0.824. The first-order chi connectivity index (χ1) is 16.8. The van der Waals surface area contributed by atoms with E-state index in [9.17, 15) is 14.9 Å². The summed E-state index contributed by atoms with van der Waals surface area (Å²) >= 11 is 0. The van der Waals surface area contributed by atoms with Crippen LogP contribution in [0.3, 0.4) is 0 Å². The molecule has 1 saturated heterocycles. The lowest BCUT2D eigenvalue weighted by Gasteiger charge is -2.34. The van der Waals surface area contributed by atoms with E-state index in [0.29, 0.717) is 0 Å². The second-order valence-electron chi connectivity index (χ2n) is 12.0. The first-order valence-corrected chi connectivity index (χ1v) is 13.1. The van der Waals surface area contributed by atoms with Gasteiger partial charge in [-0.25, -0.2) is 0 Å². The van der Waals surface area contributed by atoms with Crippen molar-refractivity contribution in [1.82, 2.24) is 20.0 Å². The lowest BCUT2D eigenvalue weighted by atomic mass is 9.96. The van der Waals surface area contributed by atoms with Crippen LogP contribution in [0, 0.1) is 15.5 Å². The molecule has 1 aliphatic heterocycles. The molecule has 2 rings (SSSR count). The van der Waals surface area contributed by atoms with Crippen molar-refractivity contribution in [2.75, 3.05) is 72.0 Å². The van der Waals surface area contributed by atoms with Crippen LogP contribution in [0.1, 0.15) is 47.1 Å². The van der Waals surface area contributed by atoms with Gasteiger partial charge >= 0.3 is 5.97 Å². The first kappa shape index (κ1) is 30.2. The fourth-order valence-corrected chi connectivity index (χ4v) is 4.34. The summed E-state index contributed by atoms with van der Waals surface area (Å²) in [5.41, 5.74) is 0.947. The van der Waals surface area contributed by atoms with Gasteiger partial charge in [-0.2, -0.15) is 0 Å². The zero-order valence-electron chi connectivity index (χ0n) is 23.2. The number of nitrogens with one attached hydrogen (secondary N) is 1. The summed E-state index contributed by atoms with van der Waals surface area (Å²) in [7, 11) is 0. The molecule has 1 heterocycles. The fourth-order valence-electron chi connectivity index (χ4n) is 4.34. The van der Waals surface area contributed by atoms with Crippen LogP contribution in [0.25, 0.3) is 0 Å². The highest BCUT2D eigenvalue weighted by molar-refractivity contribution is 5.72. The van der Waals surface area contributed by atoms with Gasteiger partial charge in [-0.05, 0) is 38.2 Å². The fraction of sp³-hybridized carbons (Fsp3) is 0.741. The van der Waals surface area contributed by atoms with Crippen molar-refractivity contribution < 1.29 is 14.5 Å². The van der Waals surface area contributed by atoms with E-state index in [2.05, 4.69) is 40.8 Å². The van der Waals surface area contributed by atoms with Crippen molar-refractivity contribution in [3.63, 3.8) is 0 Å². The minimum absolute atomic E-state index is 0.120. The van der Waals surface area contributed by atoms with Gasteiger partial charge < -0.3 is 19.9 Å². The molecule has 0 bridgehead atoms. The Morgan fingerprint density at radius 1 is 0.917 bits per heavy atom. The summed E-state index contributed by atoms with van der Waals surface area (Å²) in [5.74, 6) is -0.191. The Kier molecular flexibility index (Phi) is 11.7. The zero-order chi connectivity index (χ0) is 26.8. The molecule has 36 heavy (non-hydrogen) atoms. The van der Waals surface area contributed by atoms with Crippen LogP contribution in [0.5, 0.6) is 0 Å². The number of hydrogen-bond acceptors (Lipinski definition) is 8. The number of non-ortho nitro benzene ring substituents is 1. The Labute approximate surface area is 217 Å². The molecule has 0 radical (unpaired) electrons. The molecule has 9 heteroatoms. The molecule has 1 N–H and O–H groups in total. The van der Waals surface area contributed by atoms with Crippen LogP contribution in [-0.4, -0.2) is 103 Å². The third-order valence-electron chi connectivity index (χ3n) is 6.01. The van der Waals surface area contributed by atoms with Crippen LogP contribution in [0.15, 0.2) is 24.3 Å². The Hall–Kier alpha value is -2.07. The molecule has 0 saturated carbocycles. The SMILES string of the molecule is CC(C)(C)CN1CCNCCN(CC(=O)OC(C)(C)C)CCN(CCc2ccc([N+](=O)[O-])cc2)CC1. The number of nitrogens with zero attached hydrogens (tertiary/aromatic N) is 4. The topological polar surface area (TPSA) is 91.2 Å². The van der Waals surface area contributed by atoms with Gasteiger partial charge in [0, 0.05) is 77.6 Å². The normalized spacial score (nSPS) is 18.3. The zero-order valence-corrected chi connectivity index (χ0v) is 23.2. The number of hydrogen-bond donors (Lipinski definition) is 1. The molecule has 1 aromatic carbocycles. The van der Waals surface area contributed by atoms with Crippen molar-refractivity contribution in [2.45, 2.75) is 53.6 Å². The van der Waals surface area contributed by atoms with E-state index in [4.69, 9.17) is 4.74 Å². The second kappa shape index (κ2) is 14.0.